The summed E-state index contributed by atoms with van der Waals surface area (Å²) in [6.07, 6.45) is 5.98. The lowest BCUT2D eigenvalue weighted by molar-refractivity contribution is -0.111. The standard InChI is InChI=1S/C7H11NO.ClH/c1-8-4-2-3-7(5-8)6-9;/h2,4,6-7H,3,5H2,1H3;1H. The van der Waals surface area contributed by atoms with Crippen molar-refractivity contribution >= 4 is 18.7 Å². The summed E-state index contributed by atoms with van der Waals surface area (Å²) in [6, 6.07) is 0. The number of hydrogen-bond donors (Lipinski definition) is 0. The van der Waals surface area contributed by atoms with Gasteiger partial charge in [0.1, 0.15) is 6.29 Å². The lowest BCUT2D eigenvalue weighted by Crippen LogP contribution is -2.24. The molecule has 1 atom stereocenters. The molecule has 1 heterocycles. The molecule has 0 N–H and O–H groups in total. The number of aldehydes is 1. The van der Waals surface area contributed by atoms with Crippen LogP contribution in [0.2, 0.25) is 0 Å². The van der Waals surface area contributed by atoms with Crippen molar-refractivity contribution in [2.24, 2.45) is 5.92 Å². The van der Waals surface area contributed by atoms with Gasteiger partial charge in [-0.05, 0) is 12.6 Å². The first-order valence-corrected chi connectivity index (χ1v) is 3.15. The monoisotopic (exact) mass is 161 g/mol. The van der Waals surface area contributed by atoms with E-state index in [9.17, 15) is 4.79 Å². The van der Waals surface area contributed by atoms with Crippen LogP contribution in [0, 0.1) is 5.92 Å². The second-order valence-corrected chi connectivity index (χ2v) is 2.46. The zero-order valence-electron chi connectivity index (χ0n) is 5.99. The molecule has 0 saturated heterocycles. The van der Waals surface area contributed by atoms with Crippen molar-refractivity contribution in [1.29, 1.82) is 0 Å². The molecule has 0 aromatic heterocycles. The van der Waals surface area contributed by atoms with Gasteiger partial charge in [0.2, 0.25) is 0 Å². The summed E-state index contributed by atoms with van der Waals surface area (Å²) in [7, 11) is 1.98. The summed E-state index contributed by atoms with van der Waals surface area (Å²) in [5.41, 5.74) is 0. The number of rotatable bonds is 1. The van der Waals surface area contributed by atoms with E-state index in [0.29, 0.717) is 0 Å². The second kappa shape index (κ2) is 4.34. The number of carbonyl (C=O) groups is 1. The zero-order chi connectivity index (χ0) is 6.69. The number of hydrogen-bond acceptors (Lipinski definition) is 2. The van der Waals surface area contributed by atoms with E-state index >= 15 is 0 Å². The van der Waals surface area contributed by atoms with E-state index in [1.54, 1.807) is 0 Å². The lowest BCUT2D eigenvalue weighted by Gasteiger charge is -2.21. The largest absolute Gasteiger partial charge is 0.380 e. The van der Waals surface area contributed by atoms with Crippen molar-refractivity contribution in [3.8, 4) is 0 Å². The maximum Gasteiger partial charge on any atom is 0.125 e. The average Bonchev–Trinajstić information content (AvgIpc) is 1.88. The molecule has 2 nitrogen and oxygen atoms in total. The predicted molar refractivity (Wildman–Crippen MR) is 43.2 cm³/mol. The SMILES string of the molecule is CN1C=CCC(C=O)C1.Cl. The van der Waals surface area contributed by atoms with Crippen LogP contribution in [-0.2, 0) is 4.79 Å². The van der Waals surface area contributed by atoms with Gasteiger partial charge in [-0.1, -0.05) is 6.08 Å². The van der Waals surface area contributed by atoms with Gasteiger partial charge in [0.15, 0.2) is 0 Å². The fourth-order valence-corrected chi connectivity index (χ4v) is 1.02. The van der Waals surface area contributed by atoms with Gasteiger partial charge in [-0.25, -0.2) is 0 Å². The van der Waals surface area contributed by atoms with Crippen molar-refractivity contribution in [1.82, 2.24) is 4.90 Å². The van der Waals surface area contributed by atoms with E-state index in [1.165, 1.54) is 0 Å². The quantitative estimate of drug-likeness (QED) is 0.537. The Labute approximate surface area is 67.3 Å². The number of halogens is 1. The molecule has 1 unspecified atom stereocenters. The molecule has 1 aliphatic rings. The van der Waals surface area contributed by atoms with Crippen LogP contribution in [0.15, 0.2) is 12.3 Å². The third-order valence-corrected chi connectivity index (χ3v) is 1.51. The van der Waals surface area contributed by atoms with Crippen LogP contribution in [0.3, 0.4) is 0 Å². The minimum atomic E-state index is 0. The molecule has 0 aliphatic carbocycles. The van der Waals surface area contributed by atoms with Crippen molar-refractivity contribution in [3.63, 3.8) is 0 Å². The molecule has 0 bridgehead atoms. The highest BCUT2D eigenvalue weighted by molar-refractivity contribution is 5.85. The summed E-state index contributed by atoms with van der Waals surface area (Å²) in [4.78, 5) is 12.3. The predicted octanol–water partition coefficient (Wildman–Crippen LogP) is 1.07. The molecular weight excluding hydrogens is 150 g/mol. The topological polar surface area (TPSA) is 20.3 Å². The zero-order valence-corrected chi connectivity index (χ0v) is 6.80. The van der Waals surface area contributed by atoms with E-state index in [-0.39, 0.29) is 18.3 Å². The van der Waals surface area contributed by atoms with Gasteiger partial charge in [-0.3, -0.25) is 0 Å². The van der Waals surface area contributed by atoms with E-state index in [0.717, 1.165) is 19.3 Å². The Hall–Kier alpha value is -0.500. The molecule has 0 amide bonds. The first-order chi connectivity index (χ1) is 4.33. The number of allylic oxidation sites excluding steroid dienone is 1. The molecule has 1 rings (SSSR count). The molecule has 0 aromatic rings. The Balaban J connectivity index is 0.000000810. The Morgan fingerprint density at radius 2 is 2.40 bits per heavy atom. The third kappa shape index (κ3) is 2.40. The molecule has 0 radical (unpaired) electrons. The highest BCUT2D eigenvalue weighted by Gasteiger charge is 2.09. The van der Waals surface area contributed by atoms with Gasteiger partial charge in [-0.15, -0.1) is 12.4 Å². The van der Waals surface area contributed by atoms with Crippen LogP contribution >= 0.6 is 12.4 Å². The molecule has 0 spiro atoms. The van der Waals surface area contributed by atoms with Crippen molar-refractivity contribution < 1.29 is 4.79 Å². The van der Waals surface area contributed by atoms with E-state index in [2.05, 4.69) is 0 Å². The summed E-state index contributed by atoms with van der Waals surface area (Å²) in [6.45, 7) is 0.875. The summed E-state index contributed by atoms with van der Waals surface area (Å²) >= 11 is 0. The first-order valence-electron chi connectivity index (χ1n) is 3.15. The number of carbonyl (C=O) groups excluding carboxylic acids is 1. The smallest absolute Gasteiger partial charge is 0.125 e. The molecule has 1 aliphatic heterocycles. The molecule has 58 valence electrons. The number of nitrogens with zero attached hydrogens (tertiary/aromatic N) is 1. The van der Waals surface area contributed by atoms with Crippen molar-refractivity contribution in [2.45, 2.75) is 6.42 Å². The Morgan fingerprint density at radius 1 is 1.70 bits per heavy atom. The molecule has 0 saturated carbocycles. The molecule has 0 fully saturated rings. The summed E-state index contributed by atoms with van der Waals surface area (Å²) in [5.74, 6) is 0.222. The van der Waals surface area contributed by atoms with Gasteiger partial charge in [0.25, 0.3) is 0 Å². The maximum atomic E-state index is 10.2. The van der Waals surface area contributed by atoms with Crippen LogP contribution in [0.25, 0.3) is 0 Å². The second-order valence-electron chi connectivity index (χ2n) is 2.46. The highest BCUT2D eigenvalue weighted by atomic mass is 35.5. The summed E-state index contributed by atoms with van der Waals surface area (Å²) in [5, 5.41) is 0. The van der Waals surface area contributed by atoms with E-state index in [1.807, 2.05) is 24.2 Å². The Bertz CT molecular complexity index is 136. The minimum Gasteiger partial charge on any atom is -0.380 e. The van der Waals surface area contributed by atoms with Gasteiger partial charge in [0, 0.05) is 19.5 Å². The minimum absolute atomic E-state index is 0. The Kier molecular flexibility index (Phi) is 4.12. The van der Waals surface area contributed by atoms with E-state index < -0.39 is 0 Å². The molecule has 3 heteroatoms. The molecular formula is C7H12ClNO. The fourth-order valence-electron chi connectivity index (χ4n) is 1.02. The van der Waals surface area contributed by atoms with Crippen LogP contribution in [0.5, 0.6) is 0 Å². The van der Waals surface area contributed by atoms with Gasteiger partial charge >= 0.3 is 0 Å². The van der Waals surface area contributed by atoms with Crippen LogP contribution in [-0.4, -0.2) is 24.8 Å². The fraction of sp³-hybridized carbons (Fsp3) is 0.571. The van der Waals surface area contributed by atoms with Crippen LogP contribution in [0.1, 0.15) is 6.42 Å². The summed E-state index contributed by atoms with van der Waals surface area (Å²) < 4.78 is 0. The molecule has 10 heavy (non-hydrogen) atoms. The highest BCUT2D eigenvalue weighted by Crippen LogP contribution is 2.08. The first kappa shape index (κ1) is 9.50. The van der Waals surface area contributed by atoms with Gasteiger partial charge in [0.05, 0.1) is 0 Å². The van der Waals surface area contributed by atoms with Crippen LogP contribution < -0.4 is 0 Å². The van der Waals surface area contributed by atoms with Gasteiger partial charge in [-0.2, -0.15) is 0 Å². The van der Waals surface area contributed by atoms with Crippen molar-refractivity contribution in [3.05, 3.63) is 12.3 Å². The lowest BCUT2D eigenvalue weighted by atomic mass is 10.1. The van der Waals surface area contributed by atoms with Gasteiger partial charge < -0.3 is 9.69 Å². The normalized spacial score (nSPS) is 23.7. The average molecular weight is 162 g/mol. The third-order valence-electron chi connectivity index (χ3n) is 1.51. The van der Waals surface area contributed by atoms with E-state index in [4.69, 9.17) is 0 Å². The van der Waals surface area contributed by atoms with Crippen molar-refractivity contribution in [2.75, 3.05) is 13.6 Å². The Morgan fingerprint density at radius 3 is 2.80 bits per heavy atom. The molecule has 0 aromatic carbocycles. The maximum absolute atomic E-state index is 10.2. The van der Waals surface area contributed by atoms with Crippen LogP contribution in [0.4, 0.5) is 0 Å².